The molecule has 1 aromatic rings. The summed E-state index contributed by atoms with van der Waals surface area (Å²) in [6.45, 7) is 17.3. The summed E-state index contributed by atoms with van der Waals surface area (Å²) in [6, 6.07) is 6.55. The zero-order valence-electron chi connectivity index (χ0n) is 13.8. The second-order valence-electron chi connectivity index (χ2n) is 5.28. The molecule has 0 aliphatic heterocycles. The zero-order valence-corrected chi connectivity index (χ0v) is 13.8. The minimum Gasteiger partial charge on any atom is -0.341 e. The number of aryl methyl sites for hydroxylation is 2. The Morgan fingerprint density at radius 2 is 1.95 bits per heavy atom. The Bertz CT molecular complexity index is 561. The summed E-state index contributed by atoms with van der Waals surface area (Å²) in [4.78, 5) is 2.28. The standard InChI is InChI=1S/C20H27N/c1-7-10-11-18(6)21(15-19(8-2)9-3)20-13-12-16(4)14-17(20)5/h7-10,12-14H,2,6,11,15H2,1,3-5H3/b10-7+,19-9+. The second kappa shape index (κ2) is 8.31. The van der Waals surface area contributed by atoms with Gasteiger partial charge in [0.2, 0.25) is 0 Å². The van der Waals surface area contributed by atoms with Gasteiger partial charge in [-0.3, -0.25) is 0 Å². The molecular weight excluding hydrogens is 254 g/mol. The predicted molar refractivity (Wildman–Crippen MR) is 95.8 cm³/mol. The van der Waals surface area contributed by atoms with Gasteiger partial charge < -0.3 is 4.90 Å². The van der Waals surface area contributed by atoms with Crippen LogP contribution in [0.5, 0.6) is 0 Å². The lowest BCUT2D eigenvalue weighted by molar-refractivity contribution is 0.944. The molecule has 0 fully saturated rings. The van der Waals surface area contributed by atoms with Crippen molar-refractivity contribution >= 4 is 5.69 Å². The average Bonchev–Trinajstić information content (AvgIpc) is 2.47. The van der Waals surface area contributed by atoms with Gasteiger partial charge in [-0.2, -0.15) is 0 Å². The third-order valence-electron chi connectivity index (χ3n) is 3.59. The van der Waals surface area contributed by atoms with Gasteiger partial charge in [-0.1, -0.05) is 55.2 Å². The molecule has 0 N–H and O–H groups in total. The molecule has 0 heterocycles. The third-order valence-corrected chi connectivity index (χ3v) is 3.59. The van der Waals surface area contributed by atoms with Gasteiger partial charge in [0.1, 0.15) is 0 Å². The predicted octanol–water partition coefficient (Wildman–Crippen LogP) is 5.72. The van der Waals surface area contributed by atoms with Crippen LogP contribution in [0.2, 0.25) is 0 Å². The first kappa shape index (κ1) is 17.0. The number of allylic oxidation sites excluding steroid dienone is 3. The molecule has 0 saturated heterocycles. The molecule has 1 rings (SSSR count). The molecule has 1 heteroatoms. The normalized spacial score (nSPS) is 11.7. The van der Waals surface area contributed by atoms with E-state index in [0.717, 1.165) is 18.7 Å². The number of hydrogen-bond acceptors (Lipinski definition) is 1. The molecule has 0 aliphatic rings. The zero-order chi connectivity index (χ0) is 15.8. The van der Waals surface area contributed by atoms with E-state index in [1.807, 2.05) is 19.9 Å². The Hall–Kier alpha value is -2.02. The monoisotopic (exact) mass is 281 g/mol. The summed E-state index contributed by atoms with van der Waals surface area (Å²) in [5.41, 5.74) is 6.08. The number of hydrogen-bond donors (Lipinski definition) is 0. The van der Waals surface area contributed by atoms with Crippen molar-refractivity contribution in [1.29, 1.82) is 0 Å². The highest BCUT2D eigenvalue weighted by Crippen LogP contribution is 2.26. The Kier molecular flexibility index (Phi) is 6.74. The minimum atomic E-state index is 0.806. The smallest absolute Gasteiger partial charge is 0.0475 e. The Morgan fingerprint density at radius 1 is 1.24 bits per heavy atom. The summed E-state index contributed by atoms with van der Waals surface area (Å²) in [5.74, 6) is 0. The van der Waals surface area contributed by atoms with Crippen molar-refractivity contribution in [3.63, 3.8) is 0 Å². The summed E-state index contributed by atoms with van der Waals surface area (Å²) in [7, 11) is 0. The maximum atomic E-state index is 4.27. The quantitative estimate of drug-likeness (QED) is 0.456. The van der Waals surface area contributed by atoms with Crippen molar-refractivity contribution in [2.45, 2.75) is 34.1 Å². The van der Waals surface area contributed by atoms with Crippen LogP contribution in [0.15, 0.2) is 66.9 Å². The minimum absolute atomic E-state index is 0.806. The molecule has 1 nitrogen and oxygen atoms in total. The van der Waals surface area contributed by atoms with E-state index < -0.39 is 0 Å². The van der Waals surface area contributed by atoms with Crippen LogP contribution in [0, 0.1) is 13.8 Å². The Morgan fingerprint density at radius 3 is 2.48 bits per heavy atom. The van der Waals surface area contributed by atoms with E-state index in [9.17, 15) is 0 Å². The average molecular weight is 281 g/mol. The van der Waals surface area contributed by atoms with E-state index in [4.69, 9.17) is 0 Å². The molecule has 0 spiro atoms. The number of anilines is 1. The summed E-state index contributed by atoms with van der Waals surface area (Å²) >= 11 is 0. The van der Waals surface area contributed by atoms with Crippen LogP contribution in [0.4, 0.5) is 5.69 Å². The summed E-state index contributed by atoms with van der Waals surface area (Å²) in [5, 5.41) is 0. The van der Waals surface area contributed by atoms with Crippen LogP contribution in [0.25, 0.3) is 0 Å². The SMILES string of the molecule is C=C/C(=C\C)CN(C(=C)C/C=C/C)c1ccc(C)cc1C. The molecule has 0 bridgehead atoms. The van der Waals surface area contributed by atoms with Crippen molar-refractivity contribution in [1.82, 2.24) is 0 Å². The Balaban J connectivity index is 3.16. The fraction of sp³-hybridized carbons (Fsp3) is 0.300. The van der Waals surface area contributed by atoms with E-state index in [2.05, 4.69) is 68.3 Å². The highest BCUT2D eigenvalue weighted by atomic mass is 15.1. The van der Waals surface area contributed by atoms with Crippen molar-refractivity contribution in [3.8, 4) is 0 Å². The summed E-state index contributed by atoms with van der Waals surface area (Å²) < 4.78 is 0. The molecule has 1 aromatic carbocycles. The third kappa shape index (κ3) is 4.78. The lowest BCUT2D eigenvalue weighted by Gasteiger charge is -2.29. The number of nitrogens with zero attached hydrogens (tertiary/aromatic N) is 1. The molecule has 0 aliphatic carbocycles. The van der Waals surface area contributed by atoms with Crippen LogP contribution in [-0.4, -0.2) is 6.54 Å². The van der Waals surface area contributed by atoms with Crippen LogP contribution < -0.4 is 4.90 Å². The van der Waals surface area contributed by atoms with Crippen molar-refractivity contribution in [2.75, 3.05) is 11.4 Å². The van der Waals surface area contributed by atoms with E-state index in [1.54, 1.807) is 0 Å². The van der Waals surface area contributed by atoms with Crippen molar-refractivity contribution < 1.29 is 0 Å². The molecule has 0 amide bonds. The van der Waals surface area contributed by atoms with Crippen LogP contribution in [0.3, 0.4) is 0 Å². The molecule has 112 valence electrons. The van der Waals surface area contributed by atoms with Gasteiger partial charge in [0, 0.05) is 24.4 Å². The van der Waals surface area contributed by atoms with Gasteiger partial charge in [-0.15, -0.1) is 0 Å². The van der Waals surface area contributed by atoms with Gasteiger partial charge in [-0.05, 0) is 44.9 Å². The van der Waals surface area contributed by atoms with E-state index in [-0.39, 0.29) is 0 Å². The number of rotatable bonds is 7. The topological polar surface area (TPSA) is 3.24 Å². The van der Waals surface area contributed by atoms with Gasteiger partial charge in [0.05, 0.1) is 0 Å². The van der Waals surface area contributed by atoms with Crippen LogP contribution >= 0.6 is 0 Å². The second-order valence-corrected chi connectivity index (χ2v) is 5.28. The highest BCUT2D eigenvalue weighted by Gasteiger charge is 2.13. The lowest BCUT2D eigenvalue weighted by Crippen LogP contribution is -2.24. The molecule has 0 saturated carbocycles. The first-order chi connectivity index (χ1) is 10.0. The van der Waals surface area contributed by atoms with Crippen molar-refractivity contribution in [2.24, 2.45) is 0 Å². The molecule has 0 radical (unpaired) electrons. The molecule has 0 atom stereocenters. The first-order valence-corrected chi connectivity index (χ1v) is 7.44. The first-order valence-electron chi connectivity index (χ1n) is 7.44. The van der Waals surface area contributed by atoms with Crippen LogP contribution in [0.1, 0.15) is 31.4 Å². The van der Waals surface area contributed by atoms with E-state index >= 15 is 0 Å². The van der Waals surface area contributed by atoms with Gasteiger partial charge in [-0.25, -0.2) is 0 Å². The van der Waals surface area contributed by atoms with Gasteiger partial charge in [0.15, 0.2) is 0 Å². The summed E-state index contributed by atoms with van der Waals surface area (Å²) in [6.07, 6.45) is 9.08. The van der Waals surface area contributed by atoms with E-state index in [1.165, 1.54) is 22.4 Å². The Labute approximate surface area is 130 Å². The maximum Gasteiger partial charge on any atom is 0.0475 e. The van der Waals surface area contributed by atoms with E-state index in [0.29, 0.717) is 0 Å². The molecule has 0 unspecified atom stereocenters. The molecule has 21 heavy (non-hydrogen) atoms. The largest absolute Gasteiger partial charge is 0.341 e. The maximum absolute atomic E-state index is 4.27. The molecular formula is C20H27N. The number of benzene rings is 1. The fourth-order valence-corrected chi connectivity index (χ4v) is 2.30. The van der Waals surface area contributed by atoms with Gasteiger partial charge in [0.25, 0.3) is 0 Å². The molecule has 0 aromatic heterocycles. The highest BCUT2D eigenvalue weighted by molar-refractivity contribution is 5.59. The fourth-order valence-electron chi connectivity index (χ4n) is 2.30. The lowest BCUT2D eigenvalue weighted by atomic mass is 10.1. The van der Waals surface area contributed by atoms with Crippen LogP contribution in [-0.2, 0) is 0 Å². The van der Waals surface area contributed by atoms with Gasteiger partial charge >= 0.3 is 0 Å². The van der Waals surface area contributed by atoms with Crippen molar-refractivity contribution in [3.05, 3.63) is 78.1 Å².